The van der Waals surface area contributed by atoms with Crippen molar-refractivity contribution in [2.24, 2.45) is 5.92 Å². The third kappa shape index (κ3) is 3.52. The Morgan fingerprint density at radius 3 is 2.62 bits per heavy atom. The molecule has 0 amide bonds. The molecule has 16 heavy (non-hydrogen) atoms. The van der Waals surface area contributed by atoms with Crippen LogP contribution in [0.3, 0.4) is 0 Å². The van der Waals surface area contributed by atoms with Gasteiger partial charge in [-0.15, -0.1) is 0 Å². The van der Waals surface area contributed by atoms with E-state index in [9.17, 15) is 8.42 Å². The number of hydrogen-bond donors (Lipinski definition) is 1. The summed E-state index contributed by atoms with van der Waals surface area (Å²) in [6.45, 7) is 3.77. The van der Waals surface area contributed by atoms with Crippen LogP contribution in [0.15, 0.2) is 29.2 Å². The van der Waals surface area contributed by atoms with Crippen molar-refractivity contribution in [2.45, 2.75) is 25.2 Å². The van der Waals surface area contributed by atoms with Crippen LogP contribution in [0.4, 0.5) is 0 Å². The van der Waals surface area contributed by atoms with Crippen LogP contribution in [0, 0.1) is 5.92 Å². The largest absolute Gasteiger partial charge is 0.224 e. The molecule has 0 saturated carbocycles. The Kier molecular flexibility index (Phi) is 4.87. The van der Waals surface area contributed by atoms with Gasteiger partial charge in [0.25, 0.3) is 0 Å². The van der Waals surface area contributed by atoms with Gasteiger partial charge in [-0.3, -0.25) is 0 Å². The molecule has 2 nitrogen and oxygen atoms in total. The fraction of sp³-hybridized carbons (Fsp3) is 0.500. The molecule has 0 N–H and O–H groups in total. The lowest BCUT2D eigenvalue weighted by atomic mass is 10.0. The molecular formula is C12H18O2S2. The molecular weight excluding hydrogens is 240 g/mol. The minimum Gasteiger partial charge on any atom is -0.224 e. The van der Waals surface area contributed by atoms with Crippen molar-refractivity contribution in [2.75, 3.05) is 11.5 Å². The van der Waals surface area contributed by atoms with Crippen LogP contribution in [0.25, 0.3) is 0 Å². The van der Waals surface area contributed by atoms with Crippen LogP contribution in [-0.2, 0) is 16.3 Å². The normalized spacial score (nSPS) is 13.7. The minimum atomic E-state index is -3.08. The summed E-state index contributed by atoms with van der Waals surface area (Å²) in [6.07, 6.45) is 0.872. The summed E-state index contributed by atoms with van der Waals surface area (Å²) in [6, 6.07) is 7.21. The van der Waals surface area contributed by atoms with Crippen LogP contribution in [0.1, 0.15) is 19.4 Å². The van der Waals surface area contributed by atoms with Gasteiger partial charge >= 0.3 is 0 Å². The molecule has 0 aliphatic rings. The lowest BCUT2D eigenvalue weighted by molar-refractivity contribution is 0.596. The van der Waals surface area contributed by atoms with Gasteiger partial charge in [-0.25, -0.2) is 8.42 Å². The average molecular weight is 258 g/mol. The molecule has 1 aromatic carbocycles. The molecule has 4 heteroatoms. The van der Waals surface area contributed by atoms with Crippen molar-refractivity contribution in [1.82, 2.24) is 0 Å². The van der Waals surface area contributed by atoms with Gasteiger partial charge in [0, 0.05) is 0 Å². The molecule has 1 unspecified atom stereocenters. The van der Waals surface area contributed by atoms with Crippen molar-refractivity contribution >= 4 is 22.5 Å². The summed E-state index contributed by atoms with van der Waals surface area (Å²) in [4.78, 5) is 0.430. The van der Waals surface area contributed by atoms with Crippen LogP contribution in [0.5, 0.6) is 0 Å². The Labute approximate surface area is 103 Å². The maximum absolute atomic E-state index is 11.7. The van der Waals surface area contributed by atoms with E-state index in [-0.39, 0.29) is 5.75 Å². The minimum absolute atomic E-state index is 0.151. The molecule has 0 aromatic heterocycles. The standard InChI is InChI=1S/C12H18O2S2/c1-3-16(13,14)12-6-4-5-11(8-12)7-10(2)9-15/h4-6,8,10,15H,3,7,9H2,1-2H3. The maximum atomic E-state index is 11.7. The van der Waals surface area contributed by atoms with Gasteiger partial charge in [-0.1, -0.05) is 26.0 Å². The molecule has 1 rings (SSSR count). The van der Waals surface area contributed by atoms with Crippen LogP contribution < -0.4 is 0 Å². The van der Waals surface area contributed by atoms with E-state index in [4.69, 9.17) is 0 Å². The number of rotatable bonds is 5. The quantitative estimate of drug-likeness (QED) is 0.824. The van der Waals surface area contributed by atoms with Gasteiger partial charge in [0.05, 0.1) is 10.6 Å². The summed E-state index contributed by atoms with van der Waals surface area (Å²) in [5, 5.41) is 0. The van der Waals surface area contributed by atoms with Crippen LogP contribution in [0.2, 0.25) is 0 Å². The molecule has 0 aliphatic heterocycles. The molecule has 90 valence electrons. The van der Waals surface area contributed by atoms with Crippen LogP contribution in [-0.4, -0.2) is 19.9 Å². The van der Waals surface area contributed by atoms with E-state index in [0.717, 1.165) is 17.7 Å². The molecule has 1 atom stereocenters. The van der Waals surface area contributed by atoms with Gasteiger partial charge in [-0.05, 0) is 35.8 Å². The third-order valence-electron chi connectivity index (χ3n) is 2.53. The highest BCUT2D eigenvalue weighted by atomic mass is 32.2. The first-order valence-corrected chi connectivity index (χ1v) is 7.70. The van der Waals surface area contributed by atoms with E-state index in [2.05, 4.69) is 19.6 Å². The highest BCUT2D eigenvalue weighted by Gasteiger charge is 2.12. The number of sulfone groups is 1. The predicted molar refractivity (Wildman–Crippen MR) is 70.9 cm³/mol. The molecule has 0 heterocycles. The van der Waals surface area contributed by atoms with Crippen molar-refractivity contribution in [1.29, 1.82) is 0 Å². The zero-order chi connectivity index (χ0) is 12.2. The van der Waals surface area contributed by atoms with Crippen molar-refractivity contribution < 1.29 is 8.42 Å². The fourth-order valence-electron chi connectivity index (χ4n) is 1.50. The number of hydrogen-bond acceptors (Lipinski definition) is 3. The summed E-state index contributed by atoms with van der Waals surface area (Å²) in [5.41, 5.74) is 1.07. The second kappa shape index (κ2) is 5.73. The third-order valence-corrected chi connectivity index (χ3v) is 4.89. The zero-order valence-corrected chi connectivity index (χ0v) is 11.4. The predicted octanol–water partition coefficient (Wildman–Crippen LogP) is 2.59. The lowest BCUT2D eigenvalue weighted by Crippen LogP contribution is -2.06. The van der Waals surface area contributed by atoms with E-state index in [1.165, 1.54) is 0 Å². The summed E-state index contributed by atoms with van der Waals surface area (Å²) in [5.74, 6) is 1.42. The van der Waals surface area contributed by atoms with E-state index in [1.807, 2.05) is 12.1 Å². The molecule has 0 fully saturated rings. The molecule has 0 aliphatic carbocycles. The Balaban J connectivity index is 2.96. The smallest absolute Gasteiger partial charge is 0.178 e. The Bertz CT molecular complexity index is 438. The highest BCUT2D eigenvalue weighted by molar-refractivity contribution is 7.91. The lowest BCUT2D eigenvalue weighted by Gasteiger charge is -2.09. The molecule has 0 saturated heterocycles. The second-order valence-electron chi connectivity index (χ2n) is 4.04. The summed E-state index contributed by atoms with van der Waals surface area (Å²) >= 11 is 4.23. The topological polar surface area (TPSA) is 34.1 Å². The van der Waals surface area contributed by atoms with Crippen molar-refractivity contribution in [3.63, 3.8) is 0 Å². The molecule has 0 spiro atoms. The first-order valence-electron chi connectivity index (χ1n) is 5.42. The van der Waals surface area contributed by atoms with Gasteiger partial charge in [0.15, 0.2) is 9.84 Å². The fourth-order valence-corrected chi connectivity index (χ4v) is 2.58. The van der Waals surface area contributed by atoms with Gasteiger partial charge < -0.3 is 0 Å². The molecule has 0 radical (unpaired) electrons. The SMILES string of the molecule is CCS(=O)(=O)c1cccc(CC(C)CS)c1. The monoisotopic (exact) mass is 258 g/mol. The van der Waals surface area contributed by atoms with Gasteiger partial charge in [-0.2, -0.15) is 12.6 Å². The van der Waals surface area contributed by atoms with Crippen molar-refractivity contribution in [3.8, 4) is 0 Å². The maximum Gasteiger partial charge on any atom is 0.178 e. The Hall–Kier alpha value is -0.480. The zero-order valence-electron chi connectivity index (χ0n) is 9.68. The Morgan fingerprint density at radius 2 is 2.06 bits per heavy atom. The average Bonchev–Trinajstić information content (AvgIpc) is 2.29. The first kappa shape index (κ1) is 13.6. The Morgan fingerprint density at radius 1 is 1.38 bits per heavy atom. The number of benzene rings is 1. The number of thiol groups is 1. The van der Waals surface area contributed by atoms with Crippen molar-refractivity contribution in [3.05, 3.63) is 29.8 Å². The van der Waals surface area contributed by atoms with E-state index < -0.39 is 9.84 Å². The van der Waals surface area contributed by atoms with Gasteiger partial charge in [0.1, 0.15) is 0 Å². The molecule has 1 aromatic rings. The highest BCUT2D eigenvalue weighted by Crippen LogP contribution is 2.16. The van der Waals surface area contributed by atoms with E-state index >= 15 is 0 Å². The second-order valence-corrected chi connectivity index (χ2v) is 6.69. The van der Waals surface area contributed by atoms with Gasteiger partial charge in [0.2, 0.25) is 0 Å². The summed E-state index contributed by atoms with van der Waals surface area (Å²) < 4.78 is 23.4. The van der Waals surface area contributed by atoms with Crippen LogP contribution >= 0.6 is 12.6 Å². The van der Waals surface area contributed by atoms with E-state index in [0.29, 0.717) is 10.8 Å². The summed E-state index contributed by atoms with van der Waals surface area (Å²) in [7, 11) is -3.08. The molecule has 0 bridgehead atoms. The van der Waals surface area contributed by atoms with E-state index in [1.54, 1.807) is 19.1 Å². The first-order chi connectivity index (χ1) is 7.49.